The SMILES string of the molecule is CNC(C)(CCCSC(C)C(C)O)C(=O)O. The van der Waals surface area contributed by atoms with Crippen LogP contribution in [-0.4, -0.2) is 45.9 Å². The lowest BCUT2D eigenvalue weighted by Crippen LogP contribution is -2.47. The van der Waals surface area contributed by atoms with Crippen LogP contribution in [0.3, 0.4) is 0 Å². The molecule has 0 rings (SSSR count). The smallest absolute Gasteiger partial charge is 0.323 e. The predicted molar refractivity (Wildman–Crippen MR) is 67.9 cm³/mol. The Morgan fingerprint density at radius 3 is 2.44 bits per heavy atom. The molecule has 0 aliphatic heterocycles. The average molecular weight is 249 g/mol. The van der Waals surface area contributed by atoms with Gasteiger partial charge in [-0.2, -0.15) is 11.8 Å². The van der Waals surface area contributed by atoms with Gasteiger partial charge in [0, 0.05) is 5.25 Å². The predicted octanol–water partition coefficient (Wildman–Crippen LogP) is 1.33. The highest BCUT2D eigenvalue weighted by Crippen LogP contribution is 2.19. The molecule has 0 radical (unpaired) electrons. The lowest BCUT2D eigenvalue weighted by molar-refractivity contribution is -0.144. The van der Waals surface area contributed by atoms with Gasteiger partial charge < -0.3 is 15.5 Å². The Kier molecular flexibility index (Phi) is 7.03. The highest BCUT2D eigenvalue weighted by atomic mass is 32.2. The molecule has 96 valence electrons. The van der Waals surface area contributed by atoms with E-state index in [-0.39, 0.29) is 11.4 Å². The maximum atomic E-state index is 11.0. The van der Waals surface area contributed by atoms with Crippen LogP contribution in [0.2, 0.25) is 0 Å². The van der Waals surface area contributed by atoms with Gasteiger partial charge in [-0.05, 0) is 39.5 Å². The van der Waals surface area contributed by atoms with E-state index in [0.717, 1.165) is 12.2 Å². The van der Waals surface area contributed by atoms with Crippen LogP contribution < -0.4 is 5.32 Å². The van der Waals surface area contributed by atoms with Gasteiger partial charge in [0.2, 0.25) is 0 Å². The van der Waals surface area contributed by atoms with E-state index in [1.807, 2.05) is 6.92 Å². The standard InChI is InChI=1S/C11H23NO3S/c1-8(13)9(2)16-7-5-6-11(3,12-4)10(14)15/h8-9,12-13H,5-7H2,1-4H3,(H,14,15). The number of rotatable bonds is 8. The largest absolute Gasteiger partial charge is 0.480 e. The Hall–Kier alpha value is -0.260. The lowest BCUT2D eigenvalue weighted by atomic mass is 9.97. The van der Waals surface area contributed by atoms with E-state index in [1.54, 1.807) is 32.7 Å². The Balaban J connectivity index is 3.85. The fourth-order valence-corrected chi connectivity index (χ4v) is 2.13. The van der Waals surface area contributed by atoms with Crippen LogP contribution in [0.15, 0.2) is 0 Å². The van der Waals surface area contributed by atoms with Crippen molar-refractivity contribution >= 4 is 17.7 Å². The molecule has 5 heteroatoms. The van der Waals surface area contributed by atoms with Crippen molar-refractivity contribution < 1.29 is 15.0 Å². The van der Waals surface area contributed by atoms with Crippen molar-refractivity contribution in [2.24, 2.45) is 0 Å². The van der Waals surface area contributed by atoms with Crippen molar-refractivity contribution in [3.05, 3.63) is 0 Å². The number of carbonyl (C=O) groups is 1. The van der Waals surface area contributed by atoms with E-state index in [0.29, 0.717) is 6.42 Å². The van der Waals surface area contributed by atoms with Gasteiger partial charge in [0.1, 0.15) is 5.54 Å². The zero-order valence-corrected chi connectivity index (χ0v) is 11.3. The van der Waals surface area contributed by atoms with Crippen molar-refractivity contribution in [3.63, 3.8) is 0 Å². The molecule has 0 aromatic heterocycles. The van der Waals surface area contributed by atoms with Crippen LogP contribution in [0.25, 0.3) is 0 Å². The molecule has 16 heavy (non-hydrogen) atoms. The number of aliphatic hydroxyl groups excluding tert-OH is 1. The van der Waals surface area contributed by atoms with Gasteiger partial charge >= 0.3 is 5.97 Å². The summed E-state index contributed by atoms with van der Waals surface area (Å²) in [6, 6.07) is 0. The molecule has 0 fully saturated rings. The number of hydrogen-bond donors (Lipinski definition) is 3. The van der Waals surface area contributed by atoms with Crippen molar-refractivity contribution in [1.82, 2.24) is 5.32 Å². The maximum absolute atomic E-state index is 11.0. The fraction of sp³-hybridized carbons (Fsp3) is 0.909. The van der Waals surface area contributed by atoms with Crippen LogP contribution >= 0.6 is 11.8 Å². The number of thioether (sulfide) groups is 1. The molecule has 3 unspecified atom stereocenters. The number of nitrogens with one attached hydrogen (secondary N) is 1. The molecule has 0 saturated carbocycles. The number of carboxylic acid groups (broad SMARTS) is 1. The summed E-state index contributed by atoms with van der Waals surface area (Å²) < 4.78 is 0. The molecular weight excluding hydrogens is 226 g/mol. The molecule has 0 spiro atoms. The van der Waals surface area contributed by atoms with E-state index in [1.165, 1.54) is 0 Å². The van der Waals surface area contributed by atoms with Crippen LogP contribution in [0, 0.1) is 0 Å². The summed E-state index contributed by atoms with van der Waals surface area (Å²) in [4.78, 5) is 11.0. The second kappa shape index (κ2) is 7.14. The van der Waals surface area contributed by atoms with E-state index >= 15 is 0 Å². The minimum Gasteiger partial charge on any atom is -0.480 e. The molecule has 0 bridgehead atoms. The van der Waals surface area contributed by atoms with E-state index in [9.17, 15) is 9.90 Å². The first-order valence-corrected chi connectivity index (χ1v) is 6.60. The third kappa shape index (κ3) is 5.18. The summed E-state index contributed by atoms with van der Waals surface area (Å²) in [7, 11) is 1.67. The lowest BCUT2D eigenvalue weighted by Gasteiger charge is -2.24. The maximum Gasteiger partial charge on any atom is 0.323 e. The molecule has 3 N–H and O–H groups in total. The summed E-state index contributed by atoms with van der Waals surface area (Å²) in [6.45, 7) is 5.44. The Labute approximate surface area is 102 Å². The Morgan fingerprint density at radius 2 is 2.06 bits per heavy atom. The first kappa shape index (κ1) is 15.7. The Bertz CT molecular complexity index is 223. The first-order chi connectivity index (χ1) is 7.33. The van der Waals surface area contributed by atoms with Gasteiger partial charge in [0.15, 0.2) is 0 Å². The van der Waals surface area contributed by atoms with Crippen molar-refractivity contribution in [1.29, 1.82) is 0 Å². The molecule has 3 atom stereocenters. The molecule has 0 aliphatic carbocycles. The minimum atomic E-state index is -0.839. The third-order valence-corrected chi connectivity index (χ3v) is 4.35. The number of aliphatic hydroxyl groups is 1. The molecule has 0 aromatic rings. The number of aliphatic carboxylic acids is 1. The minimum absolute atomic E-state index is 0.200. The van der Waals surface area contributed by atoms with Crippen molar-refractivity contribution in [2.75, 3.05) is 12.8 Å². The first-order valence-electron chi connectivity index (χ1n) is 5.55. The van der Waals surface area contributed by atoms with E-state index in [2.05, 4.69) is 5.32 Å². The molecule has 0 aliphatic rings. The summed E-state index contributed by atoms with van der Waals surface area (Å²) >= 11 is 1.68. The van der Waals surface area contributed by atoms with Crippen molar-refractivity contribution in [3.8, 4) is 0 Å². The summed E-state index contributed by atoms with van der Waals surface area (Å²) in [5.74, 6) is 0.0555. The topological polar surface area (TPSA) is 69.6 Å². The monoisotopic (exact) mass is 249 g/mol. The summed E-state index contributed by atoms with van der Waals surface area (Å²) in [6.07, 6.45) is 1.10. The van der Waals surface area contributed by atoms with Crippen molar-refractivity contribution in [2.45, 2.75) is 50.5 Å². The zero-order valence-electron chi connectivity index (χ0n) is 10.5. The summed E-state index contributed by atoms with van der Waals surface area (Å²) in [5, 5.41) is 21.3. The van der Waals surface area contributed by atoms with Gasteiger partial charge in [-0.3, -0.25) is 4.79 Å². The second-order valence-corrected chi connectivity index (χ2v) is 5.79. The highest BCUT2D eigenvalue weighted by Gasteiger charge is 2.30. The molecule has 0 aromatic carbocycles. The highest BCUT2D eigenvalue weighted by molar-refractivity contribution is 7.99. The molecule has 0 heterocycles. The quantitative estimate of drug-likeness (QED) is 0.566. The number of hydrogen-bond acceptors (Lipinski definition) is 4. The van der Waals surface area contributed by atoms with Gasteiger partial charge in [-0.25, -0.2) is 0 Å². The fourth-order valence-electron chi connectivity index (χ4n) is 1.17. The van der Waals surface area contributed by atoms with Gasteiger partial charge in [-0.1, -0.05) is 6.92 Å². The van der Waals surface area contributed by atoms with E-state index < -0.39 is 11.5 Å². The average Bonchev–Trinajstić information content (AvgIpc) is 2.23. The third-order valence-electron chi connectivity index (χ3n) is 2.91. The van der Waals surface area contributed by atoms with Gasteiger partial charge in [0.05, 0.1) is 6.10 Å². The normalized spacial score (nSPS) is 18.8. The van der Waals surface area contributed by atoms with E-state index in [4.69, 9.17) is 5.11 Å². The molecule has 0 saturated heterocycles. The summed E-state index contributed by atoms with van der Waals surface area (Å²) in [5.41, 5.74) is -0.839. The van der Waals surface area contributed by atoms with Crippen LogP contribution in [0.1, 0.15) is 33.6 Å². The van der Waals surface area contributed by atoms with Crippen LogP contribution in [0.5, 0.6) is 0 Å². The Morgan fingerprint density at radius 1 is 1.50 bits per heavy atom. The molecular formula is C11H23NO3S. The van der Waals surface area contributed by atoms with Gasteiger partial charge in [-0.15, -0.1) is 0 Å². The van der Waals surface area contributed by atoms with Crippen LogP contribution in [0.4, 0.5) is 0 Å². The molecule has 4 nitrogen and oxygen atoms in total. The molecule has 0 amide bonds. The number of carboxylic acids is 1. The second-order valence-electron chi connectivity index (χ2n) is 4.31. The van der Waals surface area contributed by atoms with Crippen LogP contribution in [-0.2, 0) is 4.79 Å². The van der Waals surface area contributed by atoms with Gasteiger partial charge in [0.25, 0.3) is 0 Å². The number of likely N-dealkylation sites (N-methyl/N-ethyl adjacent to an activating group) is 1. The zero-order chi connectivity index (χ0) is 12.8.